The zero-order valence-corrected chi connectivity index (χ0v) is 18.7. The molecule has 0 radical (unpaired) electrons. The fourth-order valence-electron chi connectivity index (χ4n) is 3.68. The minimum atomic E-state index is -0.188. The maximum absolute atomic E-state index is 13.4. The quantitative estimate of drug-likeness (QED) is 0.313. The molecule has 0 atom stereocenters. The van der Waals surface area contributed by atoms with E-state index in [-0.39, 0.29) is 11.7 Å². The van der Waals surface area contributed by atoms with Crippen LogP contribution in [0.25, 0.3) is 23.1 Å². The van der Waals surface area contributed by atoms with E-state index in [1.807, 2.05) is 48.5 Å². The Morgan fingerprint density at radius 3 is 2.30 bits per heavy atom. The van der Waals surface area contributed by atoms with Crippen molar-refractivity contribution in [3.05, 3.63) is 118 Å². The SMILES string of the molecule is O=C1C(=Cc2ccc(-c3ccc(Cl)c(Cl)c3)o2)C=C(c2ccccc2)N1c1ccc(O)cc1. The van der Waals surface area contributed by atoms with Crippen molar-refractivity contribution in [2.75, 3.05) is 4.90 Å². The van der Waals surface area contributed by atoms with Gasteiger partial charge in [0.05, 0.1) is 15.7 Å². The second-order valence-electron chi connectivity index (χ2n) is 7.48. The summed E-state index contributed by atoms with van der Waals surface area (Å²) in [5.41, 5.74) is 3.58. The second kappa shape index (κ2) is 8.66. The van der Waals surface area contributed by atoms with E-state index in [4.69, 9.17) is 27.6 Å². The third kappa shape index (κ3) is 4.19. The summed E-state index contributed by atoms with van der Waals surface area (Å²) < 4.78 is 5.96. The van der Waals surface area contributed by atoms with Gasteiger partial charge in [0.2, 0.25) is 0 Å². The molecule has 4 aromatic rings. The van der Waals surface area contributed by atoms with Gasteiger partial charge in [0, 0.05) is 16.8 Å². The van der Waals surface area contributed by atoms with Crippen molar-refractivity contribution in [3.63, 3.8) is 0 Å². The third-order valence-electron chi connectivity index (χ3n) is 5.29. The molecule has 4 nitrogen and oxygen atoms in total. The van der Waals surface area contributed by atoms with Crippen LogP contribution in [0.2, 0.25) is 10.0 Å². The van der Waals surface area contributed by atoms with Gasteiger partial charge < -0.3 is 9.52 Å². The predicted molar refractivity (Wildman–Crippen MR) is 132 cm³/mol. The Hall–Kier alpha value is -3.73. The van der Waals surface area contributed by atoms with Gasteiger partial charge >= 0.3 is 0 Å². The Morgan fingerprint density at radius 1 is 0.818 bits per heavy atom. The summed E-state index contributed by atoms with van der Waals surface area (Å²) in [6.45, 7) is 0. The van der Waals surface area contributed by atoms with E-state index in [0.29, 0.717) is 32.8 Å². The molecule has 6 heteroatoms. The highest BCUT2D eigenvalue weighted by Crippen LogP contribution is 2.36. The maximum atomic E-state index is 13.4. The lowest BCUT2D eigenvalue weighted by molar-refractivity contribution is -0.113. The van der Waals surface area contributed by atoms with Crippen LogP contribution in [0.1, 0.15) is 11.3 Å². The molecule has 1 aliphatic heterocycles. The van der Waals surface area contributed by atoms with Crippen molar-refractivity contribution in [2.24, 2.45) is 0 Å². The fraction of sp³-hybridized carbons (Fsp3) is 0. The smallest absolute Gasteiger partial charge is 0.263 e. The van der Waals surface area contributed by atoms with Crippen molar-refractivity contribution >= 4 is 46.6 Å². The van der Waals surface area contributed by atoms with Crippen LogP contribution in [0.5, 0.6) is 5.75 Å². The summed E-state index contributed by atoms with van der Waals surface area (Å²) >= 11 is 12.1. The Kier molecular flexibility index (Phi) is 5.55. The zero-order valence-electron chi connectivity index (χ0n) is 17.2. The molecule has 162 valence electrons. The van der Waals surface area contributed by atoms with Gasteiger partial charge in [0.25, 0.3) is 5.91 Å². The number of amides is 1. The molecule has 0 bridgehead atoms. The molecule has 1 aromatic heterocycles. The molecule has 5 rings (SSSR count). The molecule has 1 amide bonds. The van der Waals surface area contributed by atoms with Crippen molar-refractivity contribution in [3.8, 4) is 17.1 Å². The molecule has 0 aliphatic carbocycles. The average Bonchev–Trinajstić information content (AvgIpc) is 3.42. The Balaban J connectivity index is 1.53. The number of aromatic hydroxyl groups is 1. The molecule has 0 fully saturated rings. The number of hydrogen-bond donors (Lipinski definition) is 1. The topological polar surface area (TPSA) is 53.7 Å². The van der Waals surface area contributed by atoms with Gasteiger partial charge in [-0.25, -0.2) is 0 Å². The van der Waals surface area contributed by atoms with Crippen LogP contribution in [-0.2, 0) is 4.79 Å². The molecule has 0 spiro atoms. The van der Waals surface area contributed by atoms with Gasteiger partial charge in [-0.1, -0.05) is 53.5 Å². The number of furan rings is 1. The van der Waals surface area contributed by atoms with E-state index < -0.39 is 0 Å². The highest BCUT2D eigenvalue weighted by molar-refractivity contribution is 6.42. The lowest BCUT2D eigenvalue weighted by Crippen LogP contribution is -2.24. The first kappa shape index (κ1) is 21.1. The van der Waals surface area contributed by atoms with Gasteiger partial charge in [-0.05, 0) is 72.3 Å². The van der Waals surface area contributed by atoms with Crippen molar-refractivity contribution in [1.29, 1.82) is 0 Å². The normalized spacial score (nSPS) is 14.7. The summed E-state index contributed by atoms with van der Waals surface area (Å²) in [7, 11) is 0. The van der Waals surface area contributed by atoms with Crippen LogP contribution in [0.15, 0.2) is 101 Å². The molecule has 2 heterocycles. The summed E-state index contributed by atoms with van der Waals surface area (Å²) in [6.07, 6.45) is 3.55. The standard InChI is InChI=1S/C27H17Cl2NO3/c28-23-12-6-18(15-24(23)29)26-13-11-22(33-26)14-19-16-25(17-4-2-1-3-5-17)30(27(19)32)20-7-9-21(31)10-8-20/h1-16,31H. The number of anilines is 1. The molecular formula is C27H17Cl2NO3. The van der Waals surface area contributed by atoms with Crippen LogP contribution >= 0.6 is 23.2 Å². The summed E-state index contributed by atoms with van der Waals surface area (Å²) in [5.74, 6) is 1.10. The maximum Gasteiger partial charge on any atom is 0.263 e. The summed E-state index contributed by atoms with van der Waals surface area (Å²) in [6, 6.07) is 25.1. The Morgan fingerprint density at radius 2 is 1.58 bits per heavy atom. The minimum absolute atomic E-state index is 0.136. The van der Waals surface area contributed by atoms with Crippen LogP contribution in [-0.4, -0.2) is 11.0 Å². The molecular weight excluding hydrogens is 457 g/mol. The van der Waals surface area contributed by atoms with E-state index in [0.717, 1.165) is 16.8 Å². The van der Waals surface area contributed by atoms with Crippen molar-refractivity contribution in [1.82, 2.24) is 0 Å². The predicted octanol–water partition coefficient (Wildman–Crippen LogP) is 7.43. The Labute approximate surface area is 200 Å². The van der Waals surface area contributed by atoms with Gasteiger partial charge in [-0.2, -0.15) is 0 Å². The van der Waals surface area contributed by atoms with E-state index >= 15 is 0 Å². The third-order valence-corrected chi connectivity index (χ3v) is 6.03. The monoisotopic (exact) mass is 473 g/mol. The number of carbonyl (C=O) groups is 1. The van der Waals surface area contributed by atoms with Gasteiger partial charge in [0.15, 0.2) is 0 Å². The number of benzene rings is 3. The van der Waals surface area contributed by atoms with E-state index in [9.17, 15) is 9.90 Å². The number of nitrogens with zero attached hydrogens (tertiary/aromatic N) is 1. The molecule has 0 saturated heterocycles. The first-order valence-electron chi connectivity index (χ1n) is 10.2. The number of halogens is 2. The number of phenolic OH excluding ortho intramolecular Hbond substituents is 1. The van der Waals surface area contributed by atoms with Gasteiger partial charge in [0.1, 0.15) is 17.3 Å². The van der Waals surface area contributed by atoms with Crippen LogP contribution in [0.4, 0.5) is 5.69 Å². The largest absolute Gasteiger partial charge is 0.508 e. The fourth-order valence-corrected chi connectivity index (χ4v) is 3.98. The van der Waals surface area contributed by atoms with E-state index in [2.05, 4.69) is 0 Å². The molecule has 33 heavy (non-hydrogen) atoms. The first-order valence-corrected chi connectivity index (χ1v) is 10.9. The van der Waals surface area contributed by atoms with Crippen LogP contribution in [0.3, 0.4) is 0 Å². The van der Waals surface area contributed by atoms with E-state index in [1.165, 1.54) is 0 Å². The number of phenols is 1. The van der Waals surface area contributed by atoms with Gasteiger partial charge in [-0.3, -0.25) is 9.69 Å². The number of hydrogen-bond acceptors (Lipinski definition) is 3. The molecule has 0 saturated carbocycles. The minimum Gasteiger partial charge on any atom is -0.508 e. The van der Waals surface area contributed by atoms with Crippen molar-refractivity contribution in [2.45, 2.75) is 0 Å². The first-order chi connectivity index (χ1) is 16.0. The second-order valence-corrected chi connectivity index (χ2v) is 8.30. The molecule has 3 aromatic carbocycles. The van der Waals surface area contributed by atoms with Gasteiger partial charge in [-0.15, -0.1) is 0 Å². The summed E-state index contributed by atoms with van der Waals surface area (Å²) in [5, 5.41) is 10.6. The molecule has 1 N–H and O–H groups in total. The number of carbonyl (C=O) groups excluding carboxylic acids is 1. The highest BCUT2D eigenvalue weighted by Gasteiger charge is 2.30. The lowest BCUT2D eigenvalue weighted by Gasteiger charge is -2.20. The van der Waals surface area contributed by atoms with E-state index in [1.54, 1.807) is 53.4 Å². The van der Waals surface area contributed by atoms with Crippen LogP contribution in [0, 0.1) is 0 Å². The molecule has 0 unspecified atom stereocenters. The molecule has 1 aliphatic rings. The summed E-state index contributed by atoms with van der Waals surface area (Å²) in [4.78, 5) is 15.0. The van der Waals surface area contributed by atoms with Crippen LogP contribution < -0.4 is 4.90 Å². The zero-order chi connectivity index (χ0) is 22.9. The Bertz CT molecular complexity index is 1400. The average molecular weight is 474 g/mol. The highest BCUT2D eigenvalue weighted by atomic mass is 35.5. The van der Waals surface area contributed by atoms with Crippen molar-refractivity contribution < 1.29 is 14.3 Å². The number of rotatable bonds is 4. The lowest BCUT2D eigenvalue weighted by atomic mass is 10.1.